The Morgan fingerprint density at radius 2 is 1.34 bits per heavy atom. The second-order valence-corrected chi connectivity index (χ2v) is 6.62. The lowest BCUT2D eigenvalue weighted by molar-refractivity contribution is -0.118. The van der Waals surface area contributed by atoms with Crippen molar-refractivity contribution in [2.45, 2.75) is 12.3 Å². The molecule has 0 bridgehead atoms. The third-order valence-corrected chi connectivity index (χ3v) is 4.59. The molecule has 1 heterocycles. The summed E-state index contributed by atoms with van der Waals surface area (Å²) < 4.78 is 5.61. The van der Waals surface area contributed by atoms with Gasteiger partial charge < -0.3 is 4.42 Å². The first-order valence-corrected chi connectivity index (χ1v) is 9.27. The predicted molar refractivity (Wildman–Crippen MR) is 108 cm³/mol. The minimum atomic E-state index is -1.000. The summed E-state index contributed by atoms with van der Waals surface area (Å²) in [7, 11) is 0. The molecule has 0 spiro atoms. The third-order valence-electron chi connectivity index (χ3n) is 4.59. The van der Waals surface area contributed by atoms with Gasteiger partial charge in [-0.15, -0.1) is 10.2 Å². The molecule has 0 radical (unpaired) electrons. The van der Waals surface area contributed by atoms with Crippen LogP contribution in [0, 0.1) is 0 Å². The molecule has 4 rings (SSSR count). The molecule has 5 heteroatoms. The van der Waals surface area contributed by atoms with Crippen LogP contribution in [0.5, 0.6) is 0 Å². The number of aromatic nitrogens is 2. The molecule has 4 aromatic rings. The standard InChI is InChI=1S/C24H18N2O3/c27-20(16-17-10-4-1-5-11-17)21(18-12-6-2-7-13-18)22(28)24-26-25-23(29-24)19-14-8-3-9-15-19/h1-15,21H,16H2. The number of hydrogen-bond donors (Lipinski definition) is 0. The molecule has 0 saturated carbocycles. The lowest BCUT2D eigenvalue weighted by Crippen LogP contribution is -2.24. The second-order valence-electron chi connectivity index (χ2n) is 6.62. The van der Waals surface area contributed by atoms with Gasteiger partial charge in [-0.25, -0.2) is 0 Å². The van der Waals surface area contributed by atoms with E-state index in [9.17, 15) is 9.59 Å². The highest BCUT2D eigenvalue weighted by Gasteiger charge is 2.32. The number of hydrogen-bond acceptors (Lipinski definition) is 5. The van der Waals surface area contributed by atoms with Crippen molar-refractivity contribution in [3.63, 3.8) is 0 Å². The molecule has 0 aliphatic rings. The van der Waals surface area contributed by atoms with E-state index in [0.29, 0.717) is 11.1 Å². The van der Waals surface area contributed by atoms with Gasteiger partial charge in [0, 0.05) is 12.0 Å². The molecule has 29 heavy (non-hydrogen) atoms. The first-order valence-electron chi connectivity index (χ1n) is 9.27. The van der Waals surface area contributed by atoms with Crippen LogP contribution in [0.1, 0.15) is 27.7 Å². The van der Waals surface area contributed by atoms with E-state index in [1.165, 1.54) is 0 Å². The van der Waals surface area contributed by atoms with E-state index < -0.39 is 11.7 Å². The van der Waals surface area contributed by atoms with Gasteiger partial charge >= 0.3 is 0 Å². The van der Waals surface area contributed by atoms with Gasteiger partial charge in [-0.1, -0.05) is 78.9 Å². The largest absolute Gasteiger partial charge is 0.414 e. The maximum Gasteiger partial charge on any atom is 0.285 e. The number of carbonyl (C=O) groups is 2. The molecular weight excluding hydrogens is 364 g/mol. The predicted octanol–water partition coefficient (Wildman–Crippen LogP) is 4.51. The van der Waals surface area contributed by atoms with Gasteiger partial charge in [-0.2, -0.15) is 0 Å². The van der Waals surface area contributed by atoms with Crippen LogP contribution in [0.3, 0.4) is 0 Å². The number of nitrogens with zero attached hydrogens (tertiary/aromatic N) is 2. The third kappa shape index (κ3) is 4.19. The highest BCUT2D eigenvalue weighted by molar-refractivity contribution is 6.13. The molecule has 0 N–H and O–H groups in total. The van der Waals surface area contributed by atoms with E-state index in [-0.39, 0.29) is 24.0 Å². The summed E-state index contributed by atoms with van der Waals surface area (Å²) in [6.45, 7) is 0. The Balaban J connectivity index is 1.65. The second kappa shape index (κ2) is 8.44. The summed E-state index contributed by atoms with van der Waals surface area (Å²) in [5.41, 5.74) is 2.17. The highest BCUT2D eigenvalue weighted by atomic mass is 16.4. The van der Waals surface area contributed by atoms with E-state index in [4.69, 9.17) is 4.42 Å². The molecule has 5 nitrogen and oxygen atoms in total. The summed E-state index contributed by atoms with van der Waals surface area (Å²) in [4.78, 5) is 26.3. The van der Waals surface area contributed by atoms with Crippen molar-refractivity contribution in [3.8, 4) is 11.5 Å². The van der Waals surface area contributed by atoms with Crippen molar-refractivity contribution in [3.05, 3.63) is 108 Å². The highest BCUT2D eigenvalue weighted by Crippen LogP contribution is 2.25. The maximum absolute atomic E-state index is 13.2. The van der Waals surface area contributed by atoms with Crippen LogP contribution < -0.4 is 0 Å². The van der Waals surface area contributed by atoms with Crippen LogP contribution in [-0.2, 0) is 11.2 Å². The fourth-order valence-electron chi connectivity index (χ4n) is 3.17. The van der Waals surface area contributed by atoms with Gasteiger partial charge in [-0.05, 0) is 23.3 Å². The molecule has 142 valence electrons. The normalized spacial score (nSPS) is 11.7. The molecular formula is C24H18N2O3. The van der Waals surface area contributed by atoms with Crippen molar-refractivity contribution in [2.75, 3.05) is 0 Å². The van der Waals surface area contributed by atoms with Crippen LogP contribution in [-0.4, -0.2) is 21.8 Å². The molecule has 0 fully saturated rings. The summed E-state index contributed by atoms with van der Waals surface area (Å²) in [6, 6.07) is 27.5. The number of carbonyl (C=O) groups excluding carboxylic acids is 2. The molecule has 1 unspecified atom stereocenters. The van der Waals surface area contributed by atoms with E-state index in [1.807, 2.05) is 66.7 Å². The van der Waals surface area contributed by atoms with Crippen LogP contribution >= 0.6 is 0 Å². The van der Waals surface area contributed by atoms with Crippen LogP contribution in [0.25, 0.3) is 11.5 Å². The van der Waals surface area contributed by atoms with Crippen molar-refractivity contribution in [1.29, 1.82) is 0 Å². The Kier molecular flexibility index (Phi) is 5.38. The summed E-state index contributed by atoms with van der Waals surface area (Å²) >= 11 is 0. The van der Waals surface area contributed by atoms with Gasteiger partial charge in [-0.3, -0.25) is 9.59 Å². The lowest BCUT2D eigenvalue weighted by atomic mass is 9.87. The Labute approximate surface area is 168 Å². The first kappa shape index (κ1) is 18.5. The lowest BCUT2D eigenvalue weighted by Gasteiger charge is -2.13. The summed E-state index contributed by atoms with van der Waals surface area (Å²) in [5.74, 6) is -1.63. The van der Waals surface area contributed by atoms with E-state index in [1.54, 1.807) is 24.3 Å². The molecule has 1 atom stereocenters. The van der Waals surface area contributed by atoms with Crippen LogP contribution in [0.4, 0.5) is 0 Å². The van der Waals surface area contributed by atoms with Crippen molar-refractivity contribution >= 4 is 11.6 Å². The Hall–Kier alpha value is -3.86. The van der Waals surface area contributed by atoms with Crippen molar-refractivity contribution in [1.82, 2.24) is 10.2 Å². The Morgan fingerprint density at radius 1 is 0.759 bits per heavy atom. The first-order chi connectivity index (χ1) is 14.2. The van der Waals surface area contributed by atoms with Gasteiger partial charge in [0.25, 0.3) is 5.89 Å². The van der Waals surface area contributed by atoms with Crippen molar-refractivity contribution < 1.29 is 14.0 Å². The Bertz CT molecular complexity index is 1110. The molecule has 0 amide bonds. The zero-order chi connectivity index (χ0) is 20.1. The number of rotatable bonds is 7. The zero-order valence-corrected chi connectivity index (χ0v) is 15.6. The molecule has 3 aromatic carbocycles. The van der Waals surface area contributed by atoms with Gasteiger partial charge in [0.1, 0.15) is 5.92 Å². The molecule has 0 aliphatic heterocycles. The fraction of sp³-hybridized carbons (Fsp3) is 0.0833. The average molecular weight is 382 g/mol. The van der Waals surface area contributed by atoms with E-state index in [2.05, 4.69) is 10.2 Å². The summed E-state index contributed by atoms with van der Waals surface area (Å²) in [6.07, 6.45) is 0.145. The summed E-state index contributed by atoms with van der Waals surface area (Å²) in [5, 5.41) is 7.89. The van der Waals surface area contributed by atoms with Crippen LogP contribution in [0.2, 0.25) is 0 Å². The molecule has 0 aliphatic carbocycles. The monoisotopic (exact) mass is 382 g/mol. The van der Waals surface area contributed by atoms with Gasteiger partial charge in [0.15, 0.2) is 5.78 Å². The number of ketones is 2. The van der Waals surface area contributed by atoms with Crippen molar-refractivity contribution in [2.24, 2.45) is 0 Å². The van der Waals surface area contributed by atoms with E-state index >= 15 is 0 Å². The number of Topliss-reactive ketones (excluding diaryl/α,β-unsaturated/α-hetero) is 2. The van der Waals surface area contributed by atoms with E-state index in [0.717, 1.165) is 5.56 Å². The fourth-order valence-corrected chi connectivity index (χ4v) is 3.17. The number of benzene rings is 3. The smallest absolute Gasteiger partial charge is 0.285 e. The minimum absolute atomic E-state index is 0.145. The zero-order valence-electron chi connectivity index (χ0n) is 15.6. The molecule has 0 saturated heterocycles. The SMILES string of the molecule is O=C(Cc1ccccc1)C(C(=O)c1nnc(-c2ccccc2)o1)c1ccccc1. The topological polar surface area (TPSA) is 73.1 Å². The van der Waals surface area contributed by atoms with Crippen LogP contribution in [0.15, 0.2) is 95.4 Å². The minimum Gasteiger partial charge on any atom is -0.414 e. The molecule has 1 aromatic heterocycles. The maximum atomic E-state index is 13.2. The average Bonchev–Trinajstić information content (AvgIpc) is 3.26. The van der Waals surface area contributed by atoms with Gasteiger partial charge in [0.05, 0.1) is 0 Å². The van der Waals surface area contributed by atoms with Gasteiger partial charge in [0.2, 0.25) is 11.7 Å². The quantitative estimate of drug-likeness (QED) is 0.347. The Morgan fingerprint density at radius 3 is 2.00 bits per heavy atom.